The molecule has 27 heavy (non-hydrogen) atoms. The largest absolute Gasteiger partial charge is 0.495 e. The molecule has 3 aromatic rings. The van der Waals surface area contributed by atoms with Gasteiger partial charge in [-0.05, 0) is 49.2 Å². The number of methoxy groups -OCH3 is 1. The highest BCUT2D eigenvalue weighted by Crippen LogP contribution is 2.27. The molecule has 0 spiro atoms. The molecule has 1 N–H and O–H groups in total. The Morgan fingerprint density at radius 2 is 1.96 bits per heavy atom. The summed E-state index contributed by atoms with van der Waals surface area (Å²) in [5.41, 5.74) is 2.53. The van der Waals surface area contributed by atoms with Gasteiger partial charge in [-0.15, -0.1) is 10.2 Å². The predicted molar refractivity (Wildman–Crippen MR) is 98.9 cm³/mol. The van der Waals surface area contributed by atoms with Gasteiger partial charge in [0.15, 0.2) is 0 Å². The number of hydrogen-bond donors (Lipinski definition) is 1. The molecule has 2 aromatic heterocycles. The molecule has 0 aliphatic heterocycles. The van der Waals surface area contributed by atoms with Crippen LogP contribution in [-0.4, -0.2) is 37.3 Å². The third-order valence-electron chi connectivity index (χ3n) is 4.08. The Labute approximate surface area is 157 Å². The van der Waals surface area contributed by atoms with Gasteiger partial charge in [-0.2, -0.15) is 0 Å². The highest BCUT2D eigenvalue weighted by Gasteiger charge is 2.20. The van der Waals surface area contributed by atoms with Gasteiger partial charge in [-0.1, -0.05) is 0 Å². The first-order valence-corrected chi connectivity index (χ1v) is 9.76. The standard InChI is InChI=1S/C18H20N4O4S/c1-12-9-15(25-3)16(10-13(12)2)27(23,24)20-8-6-17-21-22-18(26-17)14-5-4-7-19-11-14/h4-5,7,9-11,20H,6,8H2,1-3H3. The number of hydrogen-bond acceptors (Lipinski definition) is 7. The second kappa shape index (κ2) is 7.85. The maximum atomic E-state index is 12.6. The molecular formula is C18H20N4O4S. The first-order valence-electron chi connectivity index (χ1n) is 8.28. The molecule has 0 aliphatic rings. The Balaban J connectivity index is 1.69. The van der Waals surface area contributed by atoms with Crippen molar-refractivity contribution in [3.8, 4) is 17.2 Å². The summed E-state index contributed by atoms with van der Waals surface area (Å²) in [5.74, 6) is 0.989. The first-order chi connectivity index (χ1) is 12.9. The van der Waals surface area contributed by atoms with Crippen molar-refractivity contribution in [2.75, 3.05) is 13.7 Å². The molecule has 0 saturated carbocycles. The Hall–Kier alpha value is -2.78. The molecule has 0 radical (unpaired) electrons. The molecule has 0 bridgehead atoms. The van der Waals surface area contributed by atoms with Crippen LogP contribution in [0.25, 0.3) is 11.5 Å². The van der Waals surface area contributed by atoms with E-state index < -0.39 is 10.0 Å². The first kappa shape index (κ1) is 19.0. The van der Waals surface area contributed by atoms with Crippen LogP contribution in [0.3, 0.4) is 0 Å². The van der Waals surface area contributed by atoms with Crippen molar-refractivity contribution in [2.24, 2.45) is 0 Å². The minimum atomic E-state index is -3.73. The summed E-state index contributed by atoms with van der Waals surface area (Å²) in [6.45, 7) is 3.87. The zero-order valence-electron chi connectivity index (χ0n) is 15.3. The minimum absolute atomic E-state index is 0.106. The van der Waals surface area contributed by atoms with E-state index in [0.717, 1.165) is 11.1 Å². The van der Waals surface area contributed by atoms with E-state index in [4.69, 9.17) is 9.15 Å². The number of aryl methyl sites for hydroxylation is 2. The highest BCUT2D eigenvalue weighted by molar-refractivity contribution is 7.89. The lowest BCUT2D eigenvalue weighted by molar-refractivity contribution is 0.401. The van der Waals surface area contributed by atoms with E-state index in [1.54, 1.807) is 36.7 Å². The summed E-state index contributed by atoms with van der Waals surface area (Å²) < 4.78 is 38.6. The van der Waals surface area contributed by atoms with Gasteiger partial charge in [-0.25, -0.2) is 13.1 Å². The fraction of sp³-hybridized carbons (Fsp3) is 0.278. The van der Waals surface area contributed by atoms with Gasteiger partial charge in [-0.3, -0.25) is 4.98 Å². The number of pyridine rings is 1. The molecule has 9 heteroatoms. The maximum absolute atomic E-state index is 12.6. The molecule has 2 heterocycles. The smallest absolute Gasteiger partial charge is 0.249 e. The number of aromatic nitrogens is 3. The van der Waals surface area contributed by atoms with E-state index >= 15 is 0 Å². The van der Waals surface area contributed by atoms with E-state index in [0.29, 0.717) is 23.1 Å². The summed E-state index contributed by atoms with van der Waals surface area (Å²) in [6, 6.07) is 6.88. The van der Waals surface area contributed by atoms with E-state index in [2.05, 4.69) is 19.9 Å². The van der Waals surface area contributed by atoms with Crippen molar-refractivity contribution < 1.29 is 17.6 Å². The number of ether oxygens (including phenoxy) is 1. The summed E-state index contributed by atoms with van der Waals surface area (Å²) in [6.07, 6.45) is 3.53. The normalized spacial score (nSPS) is 11.5. The Bertz CT molecular complexity index is 1030. The lowest BCUT2D eigenvalue weighted by Crippen LogP contribution is -2.26. The monoisotopic (exact) mass is 388 g/mol. The average Bonchev–Trinajstić information content (AvgIpc) is 3.13. The molecule has 3 rings (SSSR count). The second-order valence-electron chi connectivity index (χ2n) is 5.98. The van der Waals surface area contributed by atoms with Crippen LogP contribution in [0.1, 0.15) is 17.0 Å². The van der Waals surface area contributed by atoms with Crippen molar-refractivity contribution in [1.82, 2.24) is 19.9 Å². The fourth-order valence-corrected chi connectivity index (χ4v) is 3.73. The van der Waals surface area contributed by atoms with Gasteiger partial charge in [0.25, 0.3) is 0 Å². The molecule has 142 valence electrons. The lowest BCUT2D eigenvalue weighted by Gasteiger charge is -2.12. The molecule has 1 aromatic carbocycles. The van der Waals surface area contributed by atoms with Crippen molar-refractivity contribution in [3.63, 3.8) is 0 Å². The molecular weight excluding hydrogens is 368 g/mol. The summed E-state index contributed by atoms with van der Waals surface area (Å²) >= 11 is 0. The number of sulfonamides is 1. The second-order valence-corrected chi connectivity index (χ2v) is 7.71. The van der Waals surface area contributed by atoms with Crippen molar-refractivity contribution in [3.05, 3.63) is 53.7 Å². The van der Waals surface area contributed by atoms with Crippen molar-refractivity contribution in [1.29, 1.82) is 0 Å². The fourth-order valence-electron chi connectivity index (χ4n) is 2.46. The number of rotatable bonds is 7. The van der Waals surface area contributed by atoms with Crippen molar-refractivity contribution in [2.45, 2.75) is 25.2 Å². The van der Waals surface area contributed by atoms with Gasteiger partial charge in [0, 0.05) is 25.4 Å². The molecule has 0 fully saturated rings. The quantitative estimate of drug-likeness (QED) is 0.661. The topological polar surface area (TPSA) is 107 Å². The van der Waals surface area contributed by atoms with E-state index in [-0.39, 0.29) is 17.9 Å². The molecule has 8 nitrogen and oxygen atoms in total. The molecule has 0 saturated heterocycles. The van der Waals surface area contributed by atoms with Crippen LogP contribution in [0.15, 0.2) is 46.0 Å². The Morgan fingerprint density at radius 3 is 2.67 bits per heavy atom. The molecule has 0 atom stereocenters. The number of nitrogens with one attached hydrogen (secondary N) is 1. The van der Waals surface area contributed by atoms with Gasteiger partial charge in [0.05, 0.1) is 12.7 Å². The van der Waals surface area contributed by atoms with Crippen LogP contribution in [0.2, 0.25) is 0 Å². The third-order valence-corrected chi connectivity index (χ3v) is 5.56. The van der Waals surface area contributed by atoms with Gasteiger partial charge < -0.3 is 9.15 Å². The summed E-state index contributed by atoms with van der Waals surface area (Å²) in [5, 5.41) is 7.89. The van der Waals surface area contributed by atoms with Gasteiger partial charge in [0.2, 0.25) is 21.8 Å². The summed E-state index contributed by atoms with van der Waals surface area (Å²) in [7, 11) is -2.29. The molecule has 0 amide bonds. The summed E-state index contributed by atoms with van der Waals surface area (Å²) in [4.78, 5) is 4.10. The predicted octanol–water partition coefficient (Wildman–Crippen LogP) is 2.28. The van der Waals surface area contributed by atoms with Crippen LogP contribution in [0.4, 0.5) is 0 Å². The Morgan fingerprint density at radius 1 is 1.19 bits per heavy atom. The number of nitrogens with zero attached hydrogens (tertiary/aromatic N) is 3. The molecule has 0 aliphatic carbocycles. The van der Waals surface area contributed by atoms with Crippen molar-refractivity contribution >= 4 is 10.0 Å². The Kier molecular flexibility index (Phi) is 5.52. The zero-order chi connectivity index (χ0) is 19.4. The van der Waals surface area contributed by atoms with E-state index in [1.807, 2.05) is 13.8 Å². The van der Waals surface area contributed by atoms with Crippen LogP contribution < -0.4 is 9.46 Å². The zero-order valence-corrected chi connectivity index (χ0v) is 16.1. The van der Waals surface area contributed by atoms with Gasteiger partial charge in [0.1, 0.15) is 10.6 Å². The molecule has 0 unspecified atom stereocenters. The van der Waals surface area contributed by atoms with E-state index in [9.17, 15) is 8.42 Å². The van der Waals surface area contributed by atoms with Crippen LogP contribution in [0, 0.1) is 13.8 Å². The average molecular weight is 388 g/mol. The van der Waals surface area contributed by atoms with Crippen LogP contribution in [0.5, 0.6) is 5.75 Å². The maximum Gasteiger partial charge on any atom is 0.249 e. The SMILES string of the molecule is COc1cc(C)c(C)cc1S(=O)(=O)NCCc1nnc(-c2cccnc2)o1. The highest BCUT2D eigenvalue weighted by atomic mass is 32.2. The van der Waals surface area contributed by atoms with Gasteiger partial charge >= 0.3 is 0 Å². The van der Waals surface area contributed by atoms with Crippen LogP contribution in [-0.2, 0) is 16.4 Å². The third kappa shape index (κ3) is 4.32. The number of benzene rings is 1. The van der Waals surface area contributed by atoms with E-state index in [1.165, 1.54) is 7.11 Å². The minimum Gasteiger partial charge on any atom is -0.495 e. The lowest BCUT2D eigenvalue weighted by atomic mass is 10.1. The van der Waals surface area contributed by atoms with Crippen LogP contribution >= 0.6 is 0 Å².